The number of ether oxygens (including phenoxy) is 3. The summed E-state index contributed by atoms with van der Waals surface area (Å²) in [5, 5.41) is 15.4. The highest BCUT2D eigenvalue weighted by atomic mass is 16.7. The molecule has 4 fully saturated rings. The van der Waals surface area contributed by atoms with Gasteiger partial charge < -0.3 is 40.5 Å². The van der Waals surface area contributed by atoms with Crippen molar-refractivity contribution in [2.45, 2.75) is 88.7 Å². The van der Waals surface area contributed by atoms with Gasteiger partial charge in [0.2, 0.25) is 0 Å². The molecule has 0 radical (unpaired) electrons. The fraction of sp³-hybridized carbons (Fsp3) is 0.444. The van der Waals surface area contributed by atoms with Gasteiger partial charge in [0.15, 0.2) is 11.0 Å². The molecule has 59 heavy (non-hydrogen) atoms. The van der Waals surface area contributed by atoms with Gasteiger partial charge in [0, 0.05) is 46.9 Å². The molecule has 2 bridgehead atoms. The van der Waals surface area contributed by atoms with Crippen molar-refractivity contribution in [3.8, 4) is 22.8 Å². The molecule has 1 aromatic carbocycles. The molecule has 3 aromatic heterocycles. The first-order valence-corrected chi connectivity index (χ1v) is 20.7. The van der Waals surface area contributed by atoms with Crippen molar-refractivity contribution in [2.24, 2.45) is 22.7 Å². The quantitative estimate of drug-likeness (QED) is 0.127. The predicted molar refractivity (Wildman–Crippen MR) is 221 cm³/mol. The molecule has 11 rings (SSSR count). The molecule has 14 heteroatoms. The standard InChI is InChI=1S/C45H49N7O7/c1-22-11-32(53)39-33(56-22)17-34-40(41(39)54)38-29-7-6-27(14-26(29)18-48-4)45(43(55)57-42(38)44(2,3)58-34)35(59-45)8-5-23-12-30(51-36(46)13-23)25-15-28(50-37(47)16-25)20-52-19-24-9-10-49-31(24)21-52/h9-13,15-17,21,26-27,29,35,38,42,48,54H,5-8,14,18-20H2,1-4H3,(H2,46,51)(H2,47,50)/p+1/t26-,27-,29+,35+,38-,42+,45-/m0/s1. The van der Waals surface area contributed by atoms with Crippen molar-refractivity contribution in [1.82, 2.24) is 15.3 Å². The minimum atomic E-state index is -1.12. The maximum Gasteiger partial charge on any atom is 0.341 e. The zero-order valence-electron chi connectivity index (χ0n) is 33.7. The number of hydrogen-bond acceptors (Lipinski definition) is 13. The molecular formula is C45H50N7O7+. The molecular weight excluding hydrogens is 751 g/mol. The Morgan fingerprint density at radius 3 is 2.69 bits per heavy atom. The lowest BCUT2D eigenvalue weighted by molar-refractivity contribution is -0.852. The highest BCUT2D eigenvalue weighted by Gasteiger charge is 2.70. The fourth-order valence-corrected chi connectivity index (χ4v) is 11.0. The second-order valence-corrected chi connectivity index (χ2v) is 17.8. The zero-order chi connectivity index (χ0) is 41.0. The largest absolute Gasteiger partial charge is 0.507 e. The lowest BCUT2D eigenvalue weighted by Gasteiger charge is -2.48. The van der Waals surface area contributed by atoms with Crippen LogP contribution in [0.4, 0.5) is 11.6 Å². The molecule has 4 aromatic rings. The number of fused-ring (bicyclic) bond motifs is 6. The minimum Gasteiger partial charge on any atom is -0.507 e. The van der Waals surface area contributed by atoms with Crippen LogP contribution in [0.25, 0.3) is 22.2 Å². The van der Waals surface area contributed by atoms with E-state index in [1.807, 2.05) is 51.4 Å². The van der Waals surface area contributed by atoms with E-state index in [4.69, 9.17) is 30.1 Å². The monoisotopic (exact) mass is 800 g/mol. The number of benzene rings is 1. The molecule has 1 aliphatic carbocycles. The number of hydrogen-bond donors (Lipinski definition) is 5. The van der Waals surface area contributed by atoms with Gasteiger partial charge in [0.05, 0.1) is 17.5 Å². The average molecular weight is 801 g/mol. The van der Waals surface area contributed by atoms with Crippen molar-refractivity contribution in [2.75, 3.05) is 31.6 Å². The third kappa shape index (κ3) is 6.30. The summed E-state index contributed by atoms with van der Waals surface area (Å²) < 4.78 is 25.7. The number of anilines is 2. The van der Waals surface area contributed by atoms with E-state index >= 15 is 0 Å². The van der Waals surface area contributed by atoms with Gasteiger partial charge in [-0.3, -0.25) is 14.7 Å². The molecule has 1 spiro atoms. The molecule has 9 heterocycles. The number of nitrogens with two attached hydrogens (primary N) is 2. The number of rotatable bonds is 8. The number of nitrogens with zero attached hydrogens (tertiary/aromatic N) is 3. The Kier molecular flexibility index (Phi) is 8.78. The molecule has 0 amide bonds. The van der Waals surface area contributed by atoms with E-state index in [2.05, 4.69) is 32.6 Å². The van der Waals surface area contributed by atoms with E-state index in [0.717, 1.165) is 48.3 Å². The van der Waals surface area contributed by atoms with Crippen molar-refractivity contribution in [3.05, 3.63) is 92.7 Å². The predicted octanol–water partition coefficient (Wildman–Crippen LogP) is 3.88. The van der Waals surface area contributed by atoms with Crippen LogP contribution >= 0.6 is 0 Å². The highest BCUT2D eigenvalue weighted by Crippen LogP contribution is 2.61. The van der Waals surface area contributed by atoms with Gasteiger partial charge in [-0.05, 0) is 114 Å². The Bertz CT molecular complexity index is 2580. The molecule has 8 atom stereocenters. The highest BCUT2D eigenvalue weighted by molar-refractivity contribution is 5.88. The summed E-state index contributed by atoms with van der Waals surface area (Å²) in [5.41, 5.74) is 16.7. The van der Waals surface area contributed by atoms with Crippen LogP contribution < -0.4 is 31.8 Å². The van der Waals surface area contributed by atoms with Gasteiger partial charge in [-0.2, -0.15) is 0 Å². The van der Waals surface area contributed by atoms with E-state index in [9.17, 15) is 14.7 Å². The van der Waals surface area contributed by atoms with Crippen LogP contribution in [0.5, 0.6) is 11.5 Å². The molecule has 7 N–H and O–H groups in total. The summed E-state index contributed by atoms with van der Waals surface area (Å²) in [4.78, 5) is 43.0. The number of aromatic hydroxyl groups is 1. The molecule has 1 saturated carbocycles. The third-order valence-corrected chi connectivity index (χ3v) is 13.5. The number of allylic oxidation sites excluding steroid dienone is 1. The lowest BCUT2D eigenvalue weighted by Crippen LogP contribution is -3.04. The summed E-state index contributed by atoms with van der Waals surface area (Å²) in [6.45, 7) is 7.74. The van der Waals surface area contributed by atoms with Gasteiger partial charge in [-0.25, -0.2) is 14.8 Å². The number of aliphatic imine (C=N–C) groups is 1. The van der Waals surface area contributed by atoms with Crippen molar-refractivity contribution in [3.63, 3.8) is 0 Å². The van der Waals surface area contributed by atoms with Crippen LogP contribution in [0.3, 0.4) is 0 Å². The van der Waals surface area contributed by atoms with Gasteiger partial charge in [0.1, 0.15) is 76.6 Å². The molecule has 7 aliphatic rings. The first-order valence-electron chi connectivity index (χ1n) is 20.7. The number of carbonyl (C=O) groups excluding carboxylic acids is 1. The lowest BCUT2D eigenvalue weighted by atomic mass is 9.61. The smallest absolute Gasteiger partial charge is 0.341 e. The number of quaternary nitrogens is 1. The maximum absolute atomic E-state index is 14.8. The third-order valence-electron chi connectivity index (χ3n) is 13.5. The summed E-state index contributed by atoms with van der Waals surface area (Å²) >= 11 is 0. The van der Waals surface area contributed by atoms with Crippen LogP contribution in [0, 0.1) is 24.7 Å². The Morgan fingerprint density at radius 2 is 1.88 bits per heavy atom. The fourth-order valence-electron chi connectivity index (χ4n) is 11.0. The molecule has 306 valence electrons. The molecule has 3 saturated heterocycles. The van der Waals surface area contributed by atoms with E-state index in [1.165, 1.54) is 16.5 Å². The second kappa shape index (κ2) is 13.7. The SMILES string of the molecule is CNC[C@@H]1C[C@@H]2CC[C@H]1[C@H]1c3c(cc4oc(C)cc(=O)c4c3O)OC(C)(C)[C@@H]1OC(=O)[C@]21O[C@@H]1CCc1cc(N)nc(-c2cc(N)nc(C[NH+]3C=C4N=CC=C4C3)c2)c1. The van der Waals surface area contributed by atoms with Crippen LogP contribution in [-0.4, -0.2) is 70.8 Å². The van der Waals surface area contributed by atoms with Crippen LogP contribution in [0.15, 0.2) is 74.1 Å². The van der Waals surface area contributed by atoms with E-state index < -0.39 is 29.2 Å². The first-order chi connectivity index (χ1) is 28.3. The number of aromatic nitrogens is 2. The number of esters is 1. The van der Waals surface area contributed by atoms with Gasteiger partial charge >= 0.3 is 5.97 Å². The van der Waals surface area contributed by atoms with Crippen LogP contribution in [0.1, 0.15) is 68.0 Å². The molecule has 1 unspecified atom stereocenters. The zero-order valence-corrected chi connectivity index (χ0v) is 33.7. The Morgan fingerprint density at radius 1 is 1.05 bits per heavy atom. The van der Waals surface area contributed by atoms with E-state index in [1.54, 1.807) is 13.0 Å². The number of carbonyl (C=O) groups is 1. The summed E-state index contributed by atoms with van der Waals surface area (Å²) in [6.07, 6.45) is 8.33. The number of nitrogen functional groups attached to an aromatic ring is 2. The minimum absolute atomic E-state index is 0.0209. The number of aryl methyl sites for hydroxylation is 2. The summed E-state index contributed by atoms with van der Waals surface area (Å²) in [5.74, 6) is 0.748. The van der Waals surface area contributed by atoms with Crippen molar-refractivity contribution in [1.29, 1.82) is 0 Å². The van der Waals surface area contributed by atoms with E-state index in [-0.39, 0.29) is 46.0 Å². The van der Waals surface area contributed by atoms with Gasteiger partial charge in [-0.1, -0.05) is 0 Å². The van der Waals surface area contributed by atoms with E-state index in [0.29, 0.717) is 60.3 Å². The Balaban J connectivity index is 0.929. The first kappa shape index (κ1) is 37.7. The number of phenols is 1. The Labute approximate surface area is 341 Å². The van der Waals surface area contributed by atoms with Crippen molar-refractivity contribution >= 4 is 34.8 Å². The van der Waals surface area contributed by atoms with Crippen LogP contribution in [-0.2, 0) is 27.2 Å². The number of pyridine rings is 2. The average Bonchev–Trinajstić information content (AvgIpc) is 3.52. The van der Waals surface area contributed by atoms with Gasteiger partial charge in [-0.15, -0.1) is 0 Å². The second-order valence-electron chi connectivity index (χ2n) is 17.8. The summed E-state index contributed by atoms with van der Waals surface area (Å²) in [7, 11) is 1.94. The molecule has 6 aliphatic heterocycles. The maximum atomic E-state index is 14.8. The topological polar surface area (TPSA) is 205 Å². The van der Waals surface area contributed by atoms with Gasteiger partial charge in [0.25, 0.3) is 0 Å². The normalized spacial score (nSPS) is 29.8. The summed E-state index contributed by atoms with van der Waals surface area (Å²) in [6, 6.07) is 10.8. The number of phenolic OH excluding ortho intramolecular Hbond substituents is 1. The van der Waals surface area contributed by atoms with Crippen LogP contribution in [0.2, 0.25) is 0 Å². The Hall–Kier alpha value is -5.57. The molecule has 14 nitrogen and oxygen atoms in total. The number of epoxide rings is 1. The number of nitrogens with one attached hydrogen (secondary N) is 2. The van der Waals surface area contributed by atoms with Crippen molar-refractivity contribution < 1.29 is 33.4 Å².